The number of nitrogens with one attached hydrogen (secondary N) is 2. The second kappa shape index (κ2) is 8.58. The summed E-state index contributed by atoms with van der Waals surface area (Å²) in [5, 5.41) is 5.47. The van der Waals surface area contributed by atoms with Gasteiger partial charge in [-0.3, -0.25) is 9.59 Å². The first-order valence-electron chi connectivity index (χ1n) is 6.47. The Hall–Kier alpha value is -1.56. The lowest BCUT2D eigenvalue weighted by Gasteiger charge is -2.08. The Kier molecular flexibility index (Phi) is 7.08. The normalized spacial score (nSPS) is 9.95. The molecule has 0 heterocycles. The molecule has 0 unspecified atom stereocenters. The molecule has 0 atom stereocenters. The van der Waals surface area contributed by atoms with Crippen LogP contribution in [-0.4, -0.2) is 32.0 Å². The molecule has 20 heavy (non-hydrogen) atoms. The van der Waals surface area contributed by atoms with E-state index in [0.29, 0.717) is 28.9 Å². The Balaban J connectivity index is 2.43. The zero-order valence-corrected chi connectivity index (χ0v) is 13.2. The maximum Gasteiger partial charge on any atom is 0.251 e. The maximum atomic E-state index is 11.9. The summed E-state index contributed by atoms with van der Waals surface area (Å²) in [7, 11) is 1.56. The molecule has 0 saturated heterocycles. The Morgan fingerprint density at radius 1 is 1.25 bits per heavy atom. The van der Waals surface area contributed by atoms with Crippen molar-refractivity contribution >= 4 is 27.7 Å². The van der Waals surface area contributed by atoms with Crippen molar-refractivity contribution < 1.29 is 14.3 Å². The van der Waals surface area contributed by atoms with E-state index < -0.39 is 0 Å². The summed E-state index contributed by atoms with van der Waals surface area (Å²) in [5.41, 5.74) is 0.520. The van der Waals surface area contributed by atoms with Crippen LogP contribution in [0.5, 0.6) is 5.75 Å². The minimum Gasteiger partial charge on any atom is -0.496 e. The van der Waals surface area contributed by atoms with Gasteiger partial charge in [-0.25, -0.2) is 0 Å². The van der Waals surface area contributed by atoms with E-state index in [1.165, 1.54) is 0 Å². The van der Waals surface area contributed by atoms with Crippen LogP contribution in [0.2, 0.25) is 0 Å². The second-order valence-electron chi connectivity index (χ2n) is 4.21. The number of carbonyl (C=O) groups excluding carboxylic acids is 2. The van der Waals surface area contributed by atoms with E-state index in [0.717, 1.165) is 6.42 Å². The Morgan fingerprint density at radius 3 is 2.60 bits per heavy atom. The van der Waals surface area contributed by atoms with Gasteiger partial charge in [0.15, 0.2) is 0 Å². The molecule has 1 aromatic carbocycles. The van der Waals surface area contributed by atoms with E-state index in [4.69, 9.17) is 4.74 Å². The van der Waals surface area contributed by atoms with Crippen LogP contribution in [-0.2, 0) is 4.79 Å². The number of ether oxygens (including phenoxy) is 1. The third kappa shape index (κ3) is 5.21. The molecule has 5 nitrogen and oxygen atoms in total. The van der Waals surface area contributed by atoms with E-state index in [1.807, 2.05) is 6.92 Å². The van der Waals surface area contributed by atoms with E-state index in [-0.39, 0.29) is 18.2 Å². The van der Waals surface area contributed by atoms with Gasteiger partial charge in [-0.15, -0.1) is 0 Å². The molecule has 0 radical (unpaired) electrons. The van der Waals surface area contributed by atoms with Crippen molar-refractivity contribution in [3.8, 4) is 5.75 Å². The van der Waals surface area contributed by atoms with Crippen LogP contribution in [0.15, 0.2) is 22.7 Å². The van der Waals surface area contributed by atoms with Gasteiger partial charge >= 0.3 is 0 Å². The van der Waals surface area contributed by atoms with Gasteiger partial charge in [-0.1, -0.05) is 6.92 Å². The van der Waals surface area contributed by atoms with Crippen LogP contribution in [0.4, 0.5) is 0 Å². The molecule has 0 spiro atoms. The molecule has 110 valence electrons. The molecule has 1 aromatic rings. The third-order valence-electron chi connectivity index (χ3n) is 2.62. The molecule has 0 aromatic heterocycles. The van der Waals surface area contributed by atoms with Crippen molar-refractivity contribution in [2.45, 2.75) is 19.8 Å². The Labute approximate surface area is 127 Å². The van der Waals surface area contributed by atoms with Crippen molar-refractivity contribution in [1.82, 2.24) is 10.6 Å². The minimum atomic E-state index is -0.211. The highest BCUT2D eigenvalue weighted by atomic mass is 79.9. The summed E-state index contributed by atoms with van der Waals surface area (Å²) in [4.78, 5) is 23.3. The van der Waals surface area contributed by atoms with Crippen molar-refractivity contribution in [2.24, 2.45) is 0 Å². The van der Waals surface area contributed by atoms with Gasteiger partial charge in [-0.2, -0.15) is 0 Å². The van der Waals surface area contributed by atoms with E-state index in [9.17, 15) is 9.59 Å². The lowest BCUT2D eigenvalue weighted by Crippen LogP contribution is -2.31. The van der Waals surface area contributed by atoms with Crippen LogP contribution in [0, 0.1) is 0 Å². The first-order valence-corrected chi connectivity index (χ1v) is 7.26. The van der Waals surface area contributed by atoms with E-state index in [2.05, 4.69) is 26.6 Å². The molecule has 1 rings (SSSR count). The first-order chi connectivity index (χ1) is 9.58. The van der Waals surface area contributed by atoms with Crippen LogP contribution in [0.3, 0.4) is 0 Å². The predicted octanol–water partition coefficient (Wildman–Crippen LogP) is 2.10. The standard InChI is InChI=1S/C14H19BrN2O3/c1-3-7-16-13(18)6-8-17-14(19)10-4-5-12(20-2)11(15)9-10/h4-5,9H,3,6-8H2,1-2H3,(H,16,18)(H,17,19). The topological polar surface area (TPSA) is 67.4 Å². The predicted molar refractivity (Wildman–Crippen MR) is 80.9 cm³/mol. The van der Waals surface area contributed by atoms with Gasteiger partial charge in [-0.05, 0) is 40.5 Å². The lowest BCUT2D eigenvalue weighted by molar-refractivity contribution is -0.120. The quantitative estimate of drug-likeness (QED) is 0.797. The average Bonchev–Trinajstić information content (AvgIpc) is 2.44. The van der Waals surface area contributed by atoms with E-state index in [1.54, 1.807) is 25.3 Å². The first kappa shape index (κ1) is 16.5. The van der Waals surface area contributed by atoms with Crippen molar-refractivity contribution in [1.29, 1.82) is 0 Å². The number of carbonyl (C=O) groups is 2. The van der Waals surface area contributed by atoms with Crippen LogP contribution >= 0.6 is 15.9 Å². The molecule has 0 aliphatic carbocycles. The van der Waals surface area contributed by atoms with Crippen molar-refractivity contribution in [3.05, 3.63) is 28.2 Å². The van der Waals surface area contributed by atoms with Gasteiger partial charge in [0.1, 0.15) is 5.75 Å². The summed E-state index contributed by atoms with van der Waals surface area (Å²) in [6.07, 6.45) is 1.18. The average molecular weight is 343 g/mol. The summed E-state index contributed by atoms with van der Waals surface area (Å²) in [6.45, 7) is 2.97. The fourth-order valence-electron chi connectivity index (χ4n) is 1.55. The summed E-state index contributed by atoms with van der Waals surface area (Å²) in [6, 6.07) is 5.08. The fourth-order valence-corrected chi connectivity index (χ4v) is 2.09. The number of hydrogen-bond acceptors (Lipinski definition) is 3. The third-order valence-corrected chi connectivity index (χ3v) is 3.24. The highest BCUT2D eigenvalue weighted by molar-refractivity contribution is 9.10. The largest absolute Gasteiger partial charge is 0.496 e. The number of benzene rings is 1. The van der Waals surface area contributed by atoms with Gasteiger partial charge in [0.05, 0.1) is 11.6 Å². The summed E-state index contributed by atoms with van der Waals surface area (Å²) in [5.74, 6) is 0.403. The van der Waals surface area contributed by atoms with Gasteiger partial charge in [0, 0.05) is 25.1 Å². The SMILES string of the molecule is CCCNC(=O)CCNC(=O)c1ccc(OC)c(Br)c1. The molecule has 0 bridgehead atoms. The van der Waals surface area contributed by atoms with E-state index >= 15 is 0 Å². The van der Waals surface area contributed by atoms with Crippen LogP contribution in [0.1, 0.15) is 30.1 Å². The minimum absolute atomic E-state index is 0.0527. The molecular formula is C14H19BrN2O3. The van der Waals surface area contributed by atoms with Gasteiger partial charge in [0.2, 0.25) is 5.91 Å². The van der Waals surface area contributed by atoms with Crippen LogP contribution in [0.25, 0.3) is 0 Å². The molecule has 6 heteroatoms. The molecule has 0 aliphatic rings. The molecular weight excluding hydrogens is 324 g/mol. The molecule has 0 aliphatic heterocycles. The zero-order valence-electron chi connectivity index (χ0n) is 11.7. The second-order valence-corrected chi connectivity index (χ2v) is 5.06. The Morgan fingerprint density at radius 2 is 2.00 bits per heavy atom. The number of rotatable bonds is 7. The number of hydrogen-bond donors (Lipinski definition) is 2. The Bertz CT molecular complexity index is 477. The fraction of sp³-hybridized carbons (Fsp3) is 0.429. The molecule has 0 fully saturated rings. The smallest absolute Gasteiger partial charge is 0.251 e. The maximum absolute atomic E-state index is 11.9. The van der Waals surface area contributed by atoms with Crippen LogP contribution < -0.4 is 15.4 Å². The monoisotopic (exact) mass is 342 g/mol. The molecule has 2 amide bonds. The van der Waals surface area contributed by atoms with Gasteiger partial charge < -0.3 is 15.4 Å². The lowest BCUT2D eigenvalue weighted by atomic mass is 10.2. The number of amides is 2. The number of methoxy groups -OCH3 is 1. The van der Waals surface area contributed by atoms with Crippen molar-refractivity contribution in [3.63, 3.8) is 0 Å². The summed E-state index contributed by atoms with van der Waals surface area (Å²) < 4.78 is 5.81. The number of halogens is 1. The van der Waals surface area contributed by atoms with Gasteiger partial charge in [0.25, 0.3) is 5.91 Å². The van der Waals surface area contributed by atoms with Crippen molar-refractivity contribution in [2.75, 3.05) is 20.2 Å². The molecule has 2 N–H and O–H groups in total. The highest BCUT2D eigenvalue weighted by Crippen LogP contribution is 2.25. The highest BCUT2D eigenvalue weighted by Gasteiger charge is 2.09. The summed E-state index contributed by atoms with van der Waals surface area (Å²) >= 11 is 3.33. The zero-order chi connectivity index (χ0) is 15.0. The molecule has 0 saturated carbocycles.